The number of nitrogen functional groups attached to an aromatic ring is 1. The van der Waals surface area contributed by atoms with Crippen LogP contribution in [0.5, 0.6) is 5.75 Å². The Bertz CT molecular complexity index is 653. The van der Waals surface area contributed by atoms with Gasteiger partial charge in [-0.15, -0.1) is 11.3 Å². The van der Waals surface area contributed by atoms with Crippen molar-refractivity contribution in [3.8, 4) is 17.0 Å². The van der Waals surface area contributed by atoms with Crippen LogP contribution in [-0.4, -0.2) is 48.7 Å². The lowest BCUT2D eigenvalue weighted by atomic mass is 10.2. The fourth-order valence-electron chi connectivity index (χ4n) is 2.21. The lowest BCUT2D eigenvalue weighted by molar-refractivity contribution is -0.137. The maximum atomic E-state index is 12.0. The molecule has 1 aliphatic rings. The summed E-state index contributed by atoms with van der Waals surface area (Å²) in [7, 11) is 0. The van der Waals surface area contributed by atoms with Crippen molar-refractivity contribution in [2.75, 3.05) is 38.6 Å². The Morgan fingerprint density at radius 2 is 2.23 bits per heavy atom. The Hall–Kier alpha value is -2.12. The van der Waals surface area contributed by atoms with E-state index in [0.717, 1.165) is 11.3 Å². The number of thiazole rings is 1. The van der Waals surface area contributed by atoms with Crippen LogP contribution >= 0.6 is 11.3 Å². The number of benzene rings is 1. The second kappa shape index (κ2) is 6.76. The Labute approximate surface area is 132 Å². The van der Waals surface area contributed by atoms with Crippen molar-refractivity contribution in [3.63, 3.8) is 0 Å². The molecule has 116 valence electrons. The standard InChI is InChI=1S/C15H17N3O3S/c16-15-17-13(10-22-15)11-2-1-3-12(8-11)21-9-14(19)18-4-6-20-7-5-18/h1-3,8,10H,4-7,9H2,(H2,16,17). The molecule has 0 bridgehead atoms. The van der Waals surface area contributed by atoms with Gasteiger partial charge < -0.3 is 20.1 Å². The smallest absolute Gasteiger partial charge is 0.260 e. The van der Waals surface area contributed by atoms with Gasteiger partial charge in [-0.05, 0) is 12.1 Å². The Kier molecular flexibility index (Phi) is 4.55. The van der Waals surface area contributed by atoms with E-state index < -0.39 is 0 Å². The number of aromatic nitrogens is 1. The highest BCUT2D eigenvalue weighted by Crippen LogP contribution is 2.26. The van der Waals surface area contributed by atoms with E-state index in [1.54, 1.807) is 4.90 Å². The van der Waals surface area contributed by atoms with Crippen LogP contribution in [0.1, 0.15) is 0 Å². The molecule has 1 fully saturated rings. The zero-order chi connectivity index (χ0) is 15.4. The van der Waals surface area contributed by atoms with Crippen LogP contribution < -0.4 is 10.5 Å². The lowest BCUT2D eigenvalue weighted by Gasteiger charge is -2.26. The van der Waals surface area contributed by atoms with E-state index in [2.05, 4.69) is 4.98 Å². The number of anilines is 1. The zero-order valence-corrected chi connectivity index (χ0v) is 12.8. The number of nitrogens with two attached hydrogens (primary N) is 1. The van der Waals surface area contributed by atoms with E-state index in [9.17, 15) is 4.79 Å². The molecule has 22 heavy (non-hydrogen) atoms. The average molecular weight is 319 g/mol. The molecule has 0 atom stereocenters. The van der Waals surface area contributed by atoms with Gasteiger partial charge in [-0.3, -0.25) is 4.79 Å². The molecule has 6 nitrogen and oxygen atoms in total. The highest BCUT2D eigenvalue weighted by atomic mass is 32.1. The fraction of sp³-hybridized carbons (Fsp3) is 0.333. The molecule has 0 spiro atoms. The summed E-state index contributed by atoms with van der Waals surface area (Å²) < 4.78 is 10.8. The molecule has 0 unspecified atom stereocenters. The lowest BCUT2D eigenvalue weighted by Crippen LogP contribution is -2.42. The molecule has 0 radical (unpaired) electrons. The maximum Gasteiger partial charge on any atom is 0.260 e. The second-order valence-electron chi connectivity index (χ2n) is 4.88. The van der Waals surface area contributed by atoms with Crippen LogP contribution in [0.3, 0.4) is 0 Å². The molecule has 1 saturated heterocycles. The average Bonchev–Trinajstić information content (AvgIpc) is 3.00. The third kappa shape index (κ3) is 3.55. The number of carbonyl (C=O) groups is 1. The van der Waals surface area contributed by atoms with Crippen LogP contribution in [0.15, 0.2) is 29.6 Å². The number of carbonyl (C=O) groups excluding carboxylic acids is 1. The van der Waals surface area contributed by atoms with Gasteiger partial charge in [0.05, 0.1) is 18.9 Å². The topological polar surface area (TPSA) is 77.7 Å². The quantitative estimate of drug-likeness (QED) is 0.927. The SMILES string of the molecule is Nc1nc(-c2cccc(OCC(=O)N3CCOCC3)c2)cs1. The summed E-state index contributed by atoms with van der Waals surface area (Å²) in [6, 6.07) is 7.50. The third-order valence-electron chi connectivity index (χ3n) is 3.38. The number of hydrogen-bond donors (Lipinski definition) is 1. The zero-order valence-electron chi connectivity index (χ0n) is 12.0. The van der Waals surface area contributed by atoms with Gasteiger partial charge in [0, 0.05) is 24.0 Å². The van der Waals surface area contributed by atoms with Crippen molar-refractivity contribution in [1.82, 2.24) is 9.88 Å². The molecule has 2 aromatic rings. The first kappa shape index (κ1) is 14.8. The van der Waals surface area contributed by atoms with Gasteiger partial charge in [-0.2, -0.15) is 0 Å². The second-order valence-corrected chi connectivity index (χ2v) is 5.77. The van der Waals surface area contributed by atoms with E-state index in [-0.39, 0.29) is 12.5 Å². The number of ether oxygens (including phenoxy) is 2. The maximum absolute atomic E-state index is 12.0. The first-order valence-corrected chi connectivity index (χ1v) is 7.90. The summed E-state index contributed by atoms with van der Waals surface area (Å²) in [6.45, 7) is 2.46. The molecule has 3 rings (SSSR count). The molecule has 0 saturated carbocycles. The number of morpholine rings is 1. The summed E-state index contributed by atoms with van der Waals surface area (Å²) in [6.07, 6.45) is 0. The van der Waals surface area contributed by atoms with Crippen LogP contribution in [0.25, 0.3) is 11.3 Å². The van der Waals surface area contributed by atoms with Gasteiger partial charge in [0.1, 0.15) is 5.75 Å². The molecule has 1 aromatic heterocycles. The summed E-state index contributed by atoms with van der Waals surface area (Å²) in [5, 5.41) is 2.43. The van der Waals surface area contributed by atoms with Gasteiger partial charge in [-0.25, -0.2) is 4.98 Å². The van der Waals surface area contributed by atoms with Crippen molar-refractivity contribution in [3.05, 3.63) is 29.6 Å². The molecule has 7 heteroatoms. The number of amides is 1. The van der Waals surface area contributed by atoms with E-state index in [1.165, 1.54) is 11.3 Å². The summed E-state index contributed by atoms with van der Waals surface area (Å²) in [5.74, 6) is 0.622. The Morgan fingerprint density at radius 1 is 1.41 bits per heavy atom. The summed E-state index contributed by atoms with van der Waals surface area (Å²) >= 11 is 1.40. The summed E-state index contributed by atoms with van der Waals surface area (Å²) in [5.41, 5.74) is 7.38. The van der Waals surface area contributed by atoms with E-state index in [1.807, 2.05) is 29.6 Å². The van der Waals surface area contributed by atoms with Gasteiger partial charge >= 0.3 is 0 Å². The highest BCUT2D eigenvalue weighted by molar-refractivity contribution is 7.13. The molecular formula is C15H17N3O3S. The normalized spacial score (nSPS) is 14.8. The van der Waals surface area contributed by atoms with E-state index >= 15 is 0 Å². The van der Waals surface area contributed by atoms with Crippen LogP contribution in [-0.2, 0) is 9.53 Å². The predicted molar refractivity (Wildman–Crippen MR) is 84.9 cm³/mol. The molecule has 1 aromatic carbocycles. The van der Waals surface area contributed by atoms with Crippen molar-refractivity contribution >= 4 is 22.4 Å². The molecule has 1 amide bonds. The minimum Gasteiger partial charge on any atom is -0.484 e. The first-order chi connectivity index (χ1) is 10.7. The first-order valence-electron chi connectivity index (χ1n) is 7.02. The largest absolute Gasteiger partial charge is 0.484 e. The van der Waals surface area contributed by atoms with Crippen molar-refractivity contribution in [2.45, 2.75) is 0 Å². The van der Waals surface area contributed by atoms with Crippen molar-refractivity contribution in [1.29, 1.82) is 0 Å². The van der Waals surface area contributed by atoms with Gasteiger partial charge in [0.15, 0.2) is 11.7 Å². The van der Waals surface area contributed by atoms with Gasteiger partial charge in [0.2, 0.25) is 0 Å². The van der Waals surface area contributed by atoms with E-state index in [0.29, 0.717) is 37.2 Å². The van der Waals surface area contributed by atoms with Gasteiger partial charge in [-0.1, -0.05) is 12.1 Å². The fourth-order valence-corrected chi connectivity index (χ4v) is 2.79. The van der Waals surface area contributed by atoms with Crippen LogP contribution in [0.2, 0.25) is 0 Å². The monoisotopic (exact) mass is 319 g/mol. The van der Waals surface area contributed by atoms with Crippen molar-refractivity contribution < 1.29 is 14.3 Å². The van der Waals surface area contributed by atoms with E-state index in [4.69, 9.17) is 15.2 Å². The number of hydrogen-bond acceptors (Lipinski definition) is 6. The minimum atomic E-state index is -0.0217. The van der Waals surface area contributed by atoms with Gasteiger partial charge in [0.25, 0.3) is 5.91 Å². The molecule has 2 heterocycles. The van der Waals surface area contributed by atoms with Crippen molar-refractivity contribution in [2.24, 2.45) is 0 Å². The highest BCUT2D eigenvalue weighted by Gasteiger charge is 2.17. The Morgan fingerprint density at radius 3 is 2.95 bits per heavy atom. The summed E-state index contributed by atoms with van der Waals surface area (Å²) in [4.78, 5) is 18.0. The molecule has 2 N–H and O–H groups in total. The number of nitrogens with zero attached hydrogens (tertiary/aromatic N) is 2. The molecule has 1 aliphatic heterocycles. The van der Waals surface area contributed by atoms with Crippen LogP contribution in [0.4, 0.5) is 5.13 Å². The third-order valence-corrected chi connectivity index (χ3v) is 4.05. The van der Waals surface area contributed by atoms with Crippen LogP contribution in [0, 0.1) is 0 Å². The minimum absolute atomic E-state index is 0.0217. The number of rotatable bonds is 4. The molecule has 0 aliphatic carbocycles. The predicted octanol–water partition coefficient (Wildman–Crippen LogP) is 1.63. The Balaban J connectivity index is 1.62. The molecular weight excluding hydrogens is 302 g/mol.